The average Bonchev–Trinajstić information content (AvgIpc) is 2.00. The van der Waals surface area contributed by atoms with Gasteiger partial charge in [-0.05, 0) is 12.8 Å². The van der Waals surface area contributed by atoms with Crippen LogP contribution in [0.1, 0.15) is 25.7 Å². The van der Waals surface area contributed by atoms with Crippen LogP contribution in [0, 0.1) is 0 Å². The minimum atomic E-state index is -2.74. The third-order valence-electron chi connectivity index (χ3n) is 4.15. The van der Waals surface area contributed by atoms with Gasteiger partial charge in [-0.3, -0.25) is 0 Å². The minimum absolute atomic E-state index is 0.0388. The second-order valence-electron chi connectivity index (χ2n) is 5.66. The van der Waals surface area contributed by atoms with E-state index < -0.39 is 9.84 Å². The Morgan fingerprint density at radius 2 is 1.86 bits per heavy atom. The van der Waals surface area contributed by atoms with Crippen molar-refractivity contribution in [2.45, 2.75) is 36.5 Å². The van der Waals surface area contributed by atoms with Gasteiger partial charge in [0.15, 0.2) is 9.84 Å². The maximum atomic E-state index is 11.7. The summed E-state index contributed by atoms with van der Waals surface area (Å²) in [4.78, 5) is 0. The lowest BCUT2D eigenvalue weighted by Gasteiger charge is -2.58. The number of nitrogens with zero attached hydrogens (tertiary/aromatic N) is 1. The molecule has 2 aliphatic rings. The van der Waals surface area contributed by atoms with Crippen molar-refractivity contribution in [2.24, 2.45) is 0 Å². The van der Waals surface area contributed by atoms with Crippen molar-refractivity contribution in [3.63, 3.8) is 0 Å². The zero-order valence-corrected chi connectivity index (χ0v) is 10.1. The molecule has 0 bridgehead atoms. The Morgan fingerprint density at radius 1 is 1.21 bits per heavy atom. The van der Waals surface area contributed by atoms with E-state index in [4.69, 9.17) is 0 Å². The van der Waals surface area contributed by atoms with Gasteiger partial charge in [0.1, 0.15) is 16.5 Å². The lowest BCUT2D eigenvalue weighted by Crippen LogP contribution is -2.76. The van der Waals surface area contributed by atoms with Gasteiger partial charge in [-0.25, -0.2) is 8.42 Å². The van der Waals surface area contributed by atoms with Gasteiger partial charge in [-0.1, -0.05) is 6.42 Å². The van der Waals surface area contributed by atoms with Gasteiger partial charge in [-0.2, -0.15) is 0 Å². The predicted molar refractivity (Wildman–Crippen MR) is 56.8 cm³/mol. The van der Waals surface area contributed by atoms with E-state index in [-0.39, 0.29) is 10.8 Å². The van der Waals surface area contributed by atoms with Crippen molar-refractivity contribution in [2.75, 3.05) is 26.9 Å². The molecule has 0 aromatic heterocycles. The van der Waals surface area contributed by atoms with E-state index in [1.165, 1.54) is 6.42 Å². The molecule has 0 amide bonds. The summed E-state index contributed by atoms with van der Waals surface area (Å²) in [7, 11) is 3.66. The van der Waals surface area contributed by atoms with Crippen LogP contribution in [0.5, 0.6) is 0 Å². The highest BCUT2D eigenvalue weighted by Crippen LogP contribution is 2.48. The van der Waals surface area contributed by atoms with Crippen LogP contribution in [-0.4, -0.2) is 50.6 Å². The highest BCUT2D eigenvalue weighted by molar-refractivity contribution is 7.93. The van der Waals surface area contributed by atoms with Crippen LogP contribution in [-0.2, 0) is 9.84 Å². The van der Waals surface area contributed by atoms with Crippen LogP contribution in [0.15, 0.2) is 0 Å². The fourth-order valence-electron chi connectivity index (χ4n) is 3.18. The topological polar surface area (TPSA) is 34.1 Å². The Hall–Kier alpha value is -0.0900. The molecule has 4 heteroatoms. The highest BCUT2D eigenvalue weighted by atomic mass is 32.2. The lowest BCUT2D eigenvalue weighted by atomic mass is 9.79. The van der Waals surface area contributed by atoms with Gasteiger partial charge >= 0.3 is 0 Å². The van der Waals surface area contributed by atoms with E-state index in [1.54, 1.807) is 0 Å². The number of quaternary nitrogens is 1. The molecule has 0 radical (unpaired) electrons. The molecule has 0 spiro atoms. The molecule has 1 saturated carbocycles. The Bertz CT molecular complexity index is 342. The zero-order chi connectivity index (χ0) is 10.6. The maximum absolute atomic E-state index is 11.7. The predicted octanol–water partition coefficient (Wildman–Crippen LogP) is 0.802. The number of hydrogen-bond acceptors (Lipinski definition) is 2. The second kappa shape index (κ2) is 2.73. The van der Waals surface area contributed by atoms with E-state index >= 15 is 0 Å². The number of fused-ring (bicyclic) bond motifs is 1. The molecule has 1 saturated heterocycles. The summed E-state index contributed by atoms with van der Waals surface area (Å²) < 4.78 is 24.2. The maximum Gasteiger partial charge on any atom is 0.165 e. The molecule has 1 heterocycles. The molecule has 2 fully saturated rings. The van der Waals surface area contributed by atoms with E-state index in [0.29, 0.717) is 5.75 Å². The van der Waals surface area contributed by atoms with Crippen molar-refractivity contribution in [3.8, 4) is 0 Å². The third kappa shape index (κ3) is 1.16. The minimum Gasteiger partial charge on any atom is -0.324 e. The second-order valence-corrected chi connectivity index (χ2v) is 7.84. The summed E-state index contributed by atoms with van der Waals surface area (Å²) in [6, 6.07) is 0. The summed E-state index contributed by atoms with van der Waals surface area (Å²) in [5.41, 5.74) is 0.0388. The van der Waals surface area contributed by atoms with Crippen LogP contribution >= 0.6 is 0 Å². The fourth-order valence-corrected chi connectivity index (χ4v) is 6.23. The molecule has 0 unspecified atom stereocenters. The van der Waals surface area contributed by atoms with Crippen molar-refractivity contribution in [1.82, 2.24) is 0 Å². The fraction of sp³-hybridized carbons (Fsp3) is 1.00. The first kappa shape index (κ1) is 10.4. The summed E-state index contributed by atoms with van der Waals surface area (Å²) in [6.07, 6.45) is 4.26. The van der Waals surface area contributed by atoms with Gasteiger partial charge in [0.05, 0.1) is 21.1 Å². The van der Waals surface area contributed by atoms with Gasteiger partial charge in [-0.15, -0.1) is 0 Å². The SMILES string of the molecule is C[N+](C)(C)[C@]12CCCC[C@H]1S(=O)(=O)C2. The number of hydrogen-bond donors (Lipinski definition) is 0. The third-order valence-corrected chi connectivity index (χ3v) is 6.59. The van der Waals surface area contributed by atoms with Crippen LogP contribution in [0.25, 0.3) is 0 Å². The molecule has 0 N–H and O–H groups in total. The Kier molecular flexibility index (Phi) is 2.03. The Morgan fingerprint density at radius 3 is 2.29 bits per heavy atom. The summed E-state index contributed by atoms with van der Waals surface area (Å²) in [5.74, 6) is 0.411. The Labute approximate surface area is 86.6 Å². The van der Waals surface area contributed by atoms with Crippen LogP contribution in [0.2, 0.25) is 0 Å². The van der Waals surface area contributed by atoms with Crippen LogP contribution in [0.3, 0.4) is 0 Å². The van der Waals surface area contributed by atoms with E-state index in [9.17, 15) is 8.42 Å². The summed E-state index contributed by atoms with van der Waals surface area (Å²) >= 11 is 0. The molecule has 14 heavy (non-hydrogen) atoms. The smallest absolute Gasteiger partial charge is 0.165 e. The molecule has 3 nitrogen and oxygen atoms in total. The molecule has 0 aromatic rings. The van der Waals surface area contributed by atoms with Crippen molar-refractivity contribution < 1.29 is 12.9 Å². The molecule has 2 atom stereocenters. The number of sulfone groups is 1. The first-order valence-electron chi connectivity index (χ1n) is 5.33. The summed E-state index contributed by atoms with van der Waals surface area (Å²) in [6.45, 7) is 0. The molecule has 2 rings (SSSR count). The van der Waals surface area contributed by atoms with Crippen molar-refractivity contribution >= 4 is 9.84 Å². The lowest BCUT2D eigenvalue weighted by molar-refractivity contribution is -0.924. The highest BCUT2D eigenvalue weighted by Gasteiger charge is 2.66. The monoisotopic (exact) mass is 218 g/mol. The van der Waals surface area contributed by atoms with E-state index in [2.05, 4.69) is 21.1 Å². The van der Waals surface area contributed by atoms with Crippen LogP contribution < -0.4 is 0 Å². The zero-order valence-electron chi connectivity index (χ0n) is 9.28. The molecule has 82 valence electrons. The normalized spacial score (nSPS) is 41.2. The van der Waals surface area contributed by atoms with Gasteiger partial charge < -0.3 is 4.48 Å². The standard InChI is InChI=1S/C10H20NO2S/c1-11(2,3)10-7-5-4-6-9(10)14(12,13)8-10/h9H,4-8H2,1-3H3/q+1/t9-,10+/m1/s1. The van der Waals surface area contributed by atoms with Crippen molar-refractivity contribution in [3.05, 3.63) is 0 Å². The largest absolute Gasteiger partial charge is 0.324 e. The first-order valence-corrected chi connectivity index (χ1v) is 7.04. The van der Waals surface area contributed by atoms with E-state index in [0.717, 1.165) is 23.7 Å². The van der Waals surface area contributed by atoms with Gasteiger partial charge in [0.25, 0.3) is 0 Å². The van der Waals surface area contributed by atoms with E-state index in [1.807, 2.05) is 0 Å². The molecular weight excluding hydrogens is 198 g/mol. The van der Waals surface area contributed by atoms with Gasteiger partial charge in [0, 0.05) is 6.42 Å². The molecule has 0 aromatic carbocycles. The Balaban J connectivity index is 2.36. The molecule has 1 aliphatic heterocycles. The average molecular weight is 218 g/mol. The first-order chi connectivity index (χ1) is 6.30. The molecule has 1 aliphatic carbocycles. The quantitative estimate of drug-likeness (QED) is 0.610. The molecular formula is C10H20NO2S+. The number of rotatable bonds is 1. The van der Waals surface area contributed by atoms with Gasteiger partial charge in [0.2, 0.25) is 0 Å². The van der Waals surface area contributed by atoms with Crippen LogP contribution in [0.4, 0.5) is 0 Å². The van der Waals surface area contributed by atoms with Crippen molar-refractivity contribution in [1.29, 1.82) is 0 Å². The summed E-state index contributed by atoms with van der Waals surface area (Å²) in [5, 5.41) is -0.0521.